The number of hydrogen-bond donors (Lipinski definition) is 3. The fraction of sp³-hybridized carbons (Fsp3) is 0.568. The van der Waals surface area contributed by atoms with Crippen molar-refractivity contribution >= 4 is 39.1 Å². The van der Waals surface area contributed by atoms with Gasteiger partial charge in [-0.1, -0.05) is 36.7 Å². The summed E-state index contributed by atoms with van der Waals surface area (Å²) in [6.45, 7) is 3.90. The maximum atomic E-state index is 14.3. The van der Waals surface area contributed by atoms with E-state index in [9.17, 15) is 18.9 Å². The van der Waals surface area contributed by atoms with Crippen molar-refractivity contribution in [2.75, 3.05) is 44.1 Å². The molecule has 8 atom stereocenters. The molecule has 0 unspecified atom stereocenters. The summed E-state index contributed by atoms with van der Waals surface area (Å²) in [7, 11) is -1.75. The second-order valence-electron chi connectivity index (χ2n) is 14.8. The Balaban J connectivity index is 1.27. The van der Waals surface area contributed by atoms with Crippen molar-refractivity contribution in [3.05, 3.63) is 70.3 Å². The summed E-state index contributed by atoms with van der Waals surface area (Å²) in [5, 5.41) is 12.9. The van der Waals surface area contributed by atoms with Crippen molar-refractivity contribution in [1.29, 1.82) is 0 Å². The third kappa shape index (κ3) is 7.22. The van der Waals surface area contributed by atoms with E-state index in [1.165, 1.54) is 11.1 Å². The third-order valence-corrected chi connectivity index (χ3v) is 13.5. The molecule has 2 saturated carbocycles. The first kappa shape index (κ1) is 34.3. The van der Waals surface area contributed by atoms with Crippen molar-refractivity contribution in [1.82, 2.24) is 10.0 Å². The second kappa shape index (κ2) is 13.9. The number of benzene rings is 2. The van der Waals surface area contributed by atoms with E-state index in [4.69, 9.17) is 21.1 Å². The molecule has 2 fully saturated rings. The number of halogens is 1. The van der Waals surface area contributed by atoms with Crippen molar-refractivity contribution in [3.63, 3.8) is 0 Å². The molecule has 3 N–H and O–H groups in total. The number of fused-ring (bicyclic) bond motifs is 4. The van der Waals surface area contributed by atoms with Crippen LogP contribution in [0.2, 0.25) is 5.02 Å². The number of aliphatic hydroxyl groups is 1. The molecule has 10 nitrogen and oxygen atoms in total. The van der Waals surface area contributed by atoms with Gasteiger partial charge in [0.2, 0.25) is 0 Å². The number of ether oxygens (including phenoxy) is 2. The fourth-order valence-corrected chi connectivity index (χ4v) is 10.4. The number of aryl methyl sites for hydroxylation is 1. The van der Waals surface area contributed by atoms with Crippen LogP contribution in [0.1, 0.15) is 66.9 Å². The lowest BCUT2D eigenvalue weighted by Gasteiger charge is -2.46. The lowest BCUT2D eigenvalue weighted by atomic mass is 9.68. The van der Waals surface area contributed by atoms with Crippen LogP contribution in [-0.4, -0.2) is 72.6 Å². The molecule has 2 heterocycles. The first-order chi connectivity index (χ1) is 23.6. The van der Waals surface area contributed by atoms with Crippen molar-refractivity contribution in [3.8, 4) is 5.75 Å². The van der Waals surface area contributed by atoms with Crippen LogP contribution in [0.4, 0.5) is 10.5 Å². The monoisotopic (exact) mass is 710 g/mol. The average Bonchev–Trinajstić information content (AvgIpc) is 3.83. The number of carbonyl (C=O) groups excluding carboxylic acids is 2. The highest BCUT2D eigenvalue weighted by Gasteiger charge is 2.44. The van der Waals surface area contributed by atoms with E-state index in [1.807, 2.05) is 25.1 Å². The van der Waals surface area contributed by atoms with Gasteiger partial charge in [0.1, 0.15) is 15.7 Å². The van der Waals surface area contributed by atoms with E-state index in [-0.39, 0.29) is 47.3 Å². The molecule has 3 amide bonds. The maximum absolute atomic E-state index is 14.3. The fourth-order valence-electron chi connectivity index (χ4n) is 8.34. The third-order valence-electron chi connectivity index (χ3n) is 11.2. The van der Waals surface area contributed by atoms with Gasteiger partial charge in [-0.25, -0.2) is 9.00 Å². The number of nitrogens with one attached hydrogen (secondary N) is 2. The number of carbonyl (C=O) groups is 2. The summed E-state index contributed by atoms with van der Waals surface area (Å²) >= 11 is 6.44. The average molecular weight is 711 g/mol. The Kier molecular flexibility index (Phi) is 9.73. The van der Waals surface area contributed by atoms with Gasteiger partial charge in [0.25, 0.3) is 5.91 Å². The van der Waals surface area contributed by atoms with Crippen LogP contribution in [0, 0.1) is 23.7 Å². The summed E-state index contributed by atoms with van der Waals surface area (Å²) in [5.41, 5.74) is 3.38. The van der Waals surface area contributed by atoms with Crippen molar-refractivity contribution < 1.29 is 28.4 Å². The van der Waals surface area contributed by atoms with Crippen molar-refractivity contribution in [2.24, 2.45) is 28.0 Å². The quantitative estimate of drug-likeness (QED) is 0.350. The zero-order chi connectivity index (χ0) is 34.3. The van der Waals surface area contributed by atoms with Gasteiger partial charge in [-0.05, 0) is 104 Å². The molecule has 49 heavy (non-hydrogen) atoms. The maximum Gasteiger partial charge on any atom is 0.327 e. The lowest BCUT2D eigenvalue weighted by molar-refractivity contribution is 0.0131. The standard InChI is InChI=1S/C37H47ClN4O6S/c1-23-5-3-7-33(47-2)29-11-8-26(29)18-42-21-37(14-4-6-24-15-28(38)10-12-30(24)37)22-48-34-13-9-25(17-32(34)42)35(44)40-49(46,20-23)41-36(45)39-31-16-27(31)19-43/h3,7,9-10,12-13,15,17,23,26-27,29,31,33,43H,4-6,8,11,14,16,18-22H2,1-2H3,(H2,39,40,41,44,45,46)/b7-3+/t23-,26-,27-,29+,31-,33-,37-,49-/m0/s1. The first-order valence-electron chi connectivity index (χ1n) is 17.6. The van der Waals surface area contributed by atoms with Gasteiger partial charge in [0.05, 0.1) is 24.2 Å². The second-order valence-corrected chi connectivity index (χ2v) is 17.3. The van der Waals surface area contributed by atoms with Crippen molar-refractivity contribution in [2.45, 2.75) is 69.4 Å². The number of allylic oxidation sites excluding steroid dienone is 1. The lowest BCUT2D eigenvalue weighted by Crippen LogP contribution is -2.49. The molecule has 2 aromatic carbocycles. The van der Waals surface area contributed by atoms with Crippen LogP contribution in [0.15, 0.2) is 52.9 Å². The van der Waals surface area contributed by atoms with E-state index in [2.05, 4.69) is 43.6 Å². The number of aliphatic hydroxyl groups excluding tert-OH is 1. The van der Waals surface area contributed by atoms with E-state index >= 15 is 0 Å². The normalized spacial score (nSPS) is 34.6. The minimum absolute atomic E-state index is 0.000417. The highest BCUT2D eigenvalue weighted by atomic mass is 35.5. The van der Waals surface area contributed by atoms with Crippen LogP contribution in [0.3, 0.4) is 0 Å². The van der Waals surface area contributed by atoms with Crippen LogP contribution in [0.25, 0.3) is 0 Å². The van der Waals surface area contributed by atoms with Gasteiger partial charge < -0.3 is 24.8 Å². The molecule has 3 aliphatic carbocycles. The number of hydrogen-bond acceptors (Lipinski definition) is 7. The summed E-state index contributed by atoms with van der Waals surface area (Å²) < 4.78 is 33.7. The highest BCUT2D eigenvalue weighted by molar-refractivity contribution is 7.92. The van der Waals surface area contributed by atoms with Gasteiger partial charge >= 0.3 is 6.03 Å². The Bertz CT molecular complexity index is 1760. The van der Waals surface area contributed by atoms with Gasteiger partial charge in [-0.2, -0.15) is 0 Å². The van der Waals surface area contributed by atoms with Crippen LogP contribution >= 0.6 is 11.6 Å². The van der Waals surface area contributed by atoms with Gasteiger partial charge in [-0.3, -0.25) is 9.52 Å². The molecule has 2 aromatic rings. The molecule has 0 aromatic heterocycles. The van der Waals surface area contributed by atoms with Crippen LogP contribution in [-0.2, 0) is 26.5 Å². The zero-order valence-corrected chi connectivity index (χ0v) is 29.8. The topological polar surface area (TPSA) is 130 Å². The summed E-state index contributed by atoms with van der Waals surface area (Å²) in [6, 6.07) is 10.7. The minimum Gasteiger partial charge on any atom is -0.490 e. The molecular weight excluding hydrogens is 664 g/mol. The van der Waals surface area contributed by atoms with Gasteiger partial charge in [0, 0.05) is 54.8 Å². The molecule has 1 spiro atoms. The molecule has 0 saturated heterocycles. The smallest absolute Gasteiger partial charge is 0.327 e. The summed E-state index contributed by atoms with van der Waals surface area (Å²) in [5.74, 6) is 0.610. The minimum atomic E-state index is -3.50. The Morgan fingerprint density at radius 2 is 2.10 bits per heavy atom. The Hall–Kier alpha value is -3.12. The zero-order valence-electron chi connectivity index (χ0n) is 28.2. The Morgan fingerprint density at radius 3 is 2.86 bits per heavy atom. The van der Waals surface area contributed by atoms with E-state index in [0.717, 1.165) is 49.4 Å². The molecular formula is C37H47ClN4O6S. The summed E-state index contributed by atoms with van der Waals surface area (Å²) in [6.07, 6.45) is 10.5. The van der Waals surface area contributed by atoms with E-state index in [0.29, 0.717) is 43.6 Å². The first-order valence-corrected chi connectivity index (χ1v) is 19.6. The van der Waals surface area contributed by atoms with E-state index < -0.39 is 21.9 Å². The molecule has 5 aliphatic rings. The predicted molar refractivity (Wildman–Crippen MR) is 191 cm³/mol. The predicted octanol–water partition coefficient (Wildman–Crippen LogP) is 5.65. The number of urea groups is 1. The van der Waals surface area contributed by atoms with E-state index in [1.54, 1.807) is 13.2 Å². The Labute approximate surface area is 294 Å². The number of anilines is 1. The highest BCUT2D eigenvalue weighted by Crippen LogP contribution is 2.47. The van der Waals surface area contributed by atoms with Crippen LogP contribution in [0.5, 0.6) is 5.75 Å². The SMILES string of the molecule is CO[C@H]1/C=C/C[C@H](C)C[S@@](=O)(NC(=O)N[C@H]2C[C@H]2CO)=NC(=O)c2ccc3c(c2)N(C[C@@H]2CC[C@H]21)C[C@@]1(CCCc2cc(Cl)ccc21)CO3. The number of amides is 3. The molecule has 2 aliphatic heterocycles. The molecule has 264 valence electrons. The van der Waals surface area contributed by atoms with Gasteiger partial charge in [-0.15, -0.1) is 4.36 Å². The molecule has 2 bridgehead atoms. The number of nitrogens with zero attached hydrogens (tertiary/aromatic N) is 2. The molecule has 0 radical (unpaired) electrons. The molecule has 12 heteroatoms. The molecule has 7 rings (SSSR count). The van der Waals surface area contributed by atoms with Gasteiger partial charge in [0.15, 0.2) is 0 Å². The largest absolute Gasteiger partial charge is 0.490 e. The number of methoxy groups -OCH3 is 1. The van der Waals surface area contributed by atoms with Crippen LogP contribution < -0.4 is 19.7 Å². The summed E-state index contributed by atoms with van der Waals surface area (Å²) in [4.78, 5) is 29.2. The number of rotatable bonds is 4. The Morgan fingerprint density at radius 1 is 1.24 bits per heavy atom.